The fourth-order valence-electron chi connectivity index (χ4n) is 3.65. The van der Waals surface area contributed by atoms with E-state index in [0.29, 0.717) is 29.4 Å². The first kappa shape index (κ1) is 15.0. The monoisotopic (exact) mass is 301 g/mol. The minimum absolute atomic E-state index is 0.0264. The van der Waals surface area contributed by atoms with Crippen LogP contribution in [0.1, 0.15) is 43.0 Å². The predicted molar refractivity (Wildman–Crippen MR) is 85.8 cm³/mol. The van der Waals surface area contributed by atoms with Crippen LogP contribution in [0.5, 0.6) is 0 Å². The Labute approximate surface area is 131 Å². The lowest BCUT2D eigenvalue weighted by Gasteiger charge is -2.35. The quantitative estimate of drug-likeness (QED) is 0.897. The van der Waals surface area contributed by atoms with E-state index >= 15 is 0 Å². The highest BCUT2D eigenvalue weighted by molar-refractivity contribution is 5.96. The van der Waals surface area contributed by atoms with Crippen molar-refractivity contribution in [2.45, 2.75) is 50.7 Å². The number of carbonyl (C=O) groups is 2. The van der Waals surface area contributed by atoms with E-state index < -0.39 is 0 Å². The van der Waals surface area contributed by atoms with Crippen molar-refractivity contribution < 1.29 is 9.59 Å². The number of anilines is 1. The molecule has 1 aromatic carbocycles. The summed E-state index contributed by atoms with van der Waals surface area (Å²) in [5.74, 6) is -0.105. The number of piperidine rings is 1. The van der Waals surface area contributed by atoms with Crippen molar-refractivity contribution >= 4 is 17.5 Å². The zero-order valence-corrected chi connectivity index (χ0v) is 13.1. The summed E-state index contributed by atoms with van der Waals surface area (Å²) in [7, 11) is 1.89. The van der Waals surface area contributed by atoms with Gasteiger partial charge in [-0.2, -0.15) is 0 Å². The van der Waals surface area contributed by atoms with Crippen LogP contribution in [-0.4, -0.2) is 41.9 Å². The van der Waals surface area contributed by atoms with Crippen molar-refractivity contribution in [3.8, 4) is 0 Å². The molecular weight excluding hydrogens is 278 g/mol. The van der Waals surface area contributed by atoms with Crippen LogP contribution in [-0.2, 0) is 4.79 Å². The van der Waals surface area contributed by atoms with Gasteiger partial charge in [0, 0.05) is 43.3 Å². The molecule has 2 atom stereocenters. The first-order valence-corrected chi connectivity index (χ1v) is 7.94. The van der Waals surface area contributed by atoms with Gasteiger partial charge in [0.2, 0.25) is 5.91 Å². The minimum atomic E-state index is -0.132. The van der Waals surface area contributed by atoms with Gasteiger partial charge in [-0.15, -0.1) is 0 Å². The van der Waals surface area contributed by atoms with Crippen molar-refractivity contribution in [3.63, 3.8) is 0 Å². The van der Waals surface area contributed by atoms with Gasteiger partial charge < -0.3 is 15.5 Å². The number of hydrogen-bond donors (Lipinski definition) is 2. The molecule has 3 rings (SSSR count). The Bertz CT molecular complexity index is 575. The number of hydrogen-bond acceptors (Lipinski definition) is 3. The van der Waals surface area contributed by atoms with Gasteiger partial charge in [0.25, 0.3) is 5.91 Å². The third-order valence-electron chi connectivity index (χ3n) is 4.75. The second kappa shape index (κ2) is 6.08. The maximum atomic E-state index is 12.7. The van der Waals surface area contributed by atoms with Gasteiger partial charge in [-0.05, 0) is 43.9 Å². The summed E-state index contributed by atoms with van der Waals surface area (Å²) in [6.07, 6.45) is 4.51. The Morgan fingerprint density at radius 2 is 1.91 bits per heavy atom. The molecule has 0 aliphatic carbocycles. The number of nitrogens with one attached hydrogen (secondary N) is 2. The van der Waals surface area contributed by atoms with Crippen LogP contribution in [0.4, 0.5) is 5.69 Å². The Balaban J connectivity index is 1.71. The fraction of sp³-hybridized carbons (Fsp3) is 0.529. The van der Waals surface area contributed by atoms with E-state index in [4.69, 9.17) is 0 Å². The Hall–Kier alpha value is -1.88. The third-order valence-corrected chi connectivity index (χ3v) is 4.75. The highest BCUT2D eigenvalue weighted by Gasteiger charge is 2.36. The van der Waals surface area contributed by atoms with Gasteiger partial charge in [0.1, 0.15) is 0 Å². The normalized spacial score (nSPS) is 26.5. The second-order valence-electron chi connectivity index (χ2n) is 6.44. The second-order valence-corrected chi connectivity index (χ2v) is 6.44. The van der Waals surface area contributed by atoms with Crippen LogP contribution in [0, 0.1) is 0 Å². The highest BCUT2D eigenvalue weighted by atomic mass is 16.2. The number of nitrogens with zero attached hydrogens (tertiary/aromatic N) is 1. The van der Waals surface area contributed by atoms with Crippen LogP contribution >= 0.6 is 0 Å². The predicted octanol–water partition coefficient (Wildman–Crippen LogP) is 2.00. The standard InChI is InChI=1S/C17H23N3O2/c1-11(21)18-13-5-3-4-12(8-13)17(22)20(2)16-9-14-6-7-15(10-16)19-14/h3-5,8,14-16,19H,6-7,9-10H2,1-2H3,(H,18,21). The summed E-state index contributed by atoms with van der Waals surface area (Å²) >= 11 is 0. The first-order valence-electron chi connectivity index (χ1n) is 7.94. The number of benzene rings is 1. The Kier molecular flexibility index (Phi) is 4.16. The lowest BCUT2D eigenvalue weighted by Crippen LogP contribution is -2.48. The molecule has 2 unspecified atom stereocenters. The fourth-order valence-corrected chi connectivity index (χ4v) is 3.65. The molecule has 118 valence electrons. The lowest BCUT2D eigenvalue weighted by molar-refractivity contribution is -0.114. The van der Waals surface area contributed by atoms with Gasteiger partial charge in [0.05, 0.1) is 0 Å². The molecule has 0 saturated carbocycles. The van der Waals surface area contributed by atoms with Gasteiger partial charge >= 0.3 is 0 Å². The number of amides is 2. The van der Waals surface area contributed by atoms with Crippen LogP contribution in [0.25, 0.3) is 0 Å². The molecule has 2 aliphatic rings. The molecular formula is C17H23N3O2. The van der Waals surface area contributed by atoms with Crippen LogP contribution in [0.3, 0.4) is 0 Å². The van der Waals surface area contributed by atoms with Crippen molar-refractivity contribution in [2.75, 3.05) is 12.4 Å². The summed E-state index contributed by atoms with van der Waals surface area (Å²) in [5, 5.41) is 6.32. The highest BCUT2D eigenvalue weighted by Crippen LogP contribution is 2.30. The van der Waals surface area contributed by atoms with Crippen LogP contribution < -0.4 is 10.6 Å². The van der Waals surface area contributed by atoms with E-state index in [0.717, 1.165) is 12.8 Å². The maximum Gasteiger partial charge on any atom is 0.253 e. The van der Waals surface area contributed by atoms with E-state index in [-0.39, 0.29) is 11.8 Å². The average Bonchev–Trinajstić information content (AvgIpc) is 2.83. The van der Waals surface area contributed by atoms with Gasteiger partial charge in [-0.25, -0.2) is 0 Å². The van der Waals surface area contributed by atoms with Gasteiger partial charge in [-0.1, -0.05) is 6.07 Å². The average molecular weight is 301 g/mol. The van der Waals surface area contributed by atoms with Gasteiger partial charge in [0.15, 0.2) is 0 Å². The zero-order valence-electron chi connectivity index (χ0n) is 13.1. The Morgan fingerprint density at radius 3 is 2.55 bits per heavy atom. The molecule has 1 aromatic rings. The molecule has 2 N–H and O–H groups in total. The molecule has 0 aromatic heterocycles. The summed E-state index contributed by atoms with van der Waals surface area (Å²) in [6.45, 7) is 1.46. The van der Waals surface area contributed by atoms with Crippen molar-refractivity contribution in [1.29, 1.82) is 0 Å². The Morgan fingerprint density at radius 1 is 1.23 bits per heavy atom. The summed E-state index contributed by atoms with van der Waals surface area (Å²) in [6, 6.07) is 8.57. The first-order chi connectivity index (χ1) is 10.5. The van der Waals surface area contributed by atoms with Crippen molar-refractivity contribution in [2.24, 2.45) is 0 Å². The molecule has 5 nitrogen and oxygen atoms in total. The number of fused-ring (bicyclic) bond motifs is 2. The van der Waals surface area contributed by atoms with Crippen molar-refractivity contribution in [1.82, 2.24) is 10.2 Å². The van der Waals surface area contributed by atoms with E-state index in [1.54, 1.807) is 24.3 Å². The van der Waals surface area contributed by atoms with E-state index in [1.807, 2.05) is 11.9 Å². The van der Waals surface area contributed by atoms with Gasteiger partial charge in [-0.3, -0.25) is 9.59 Å². The summed E-state index contributed by atoms with van der Waals surface area (Å²) in [5.41, 5.74) is 1.29. The summed E-state index contributed by atoms with van der Waals surface area (Å²) < 4.78 is 0. The third kappa shape index (κ3) is 3.14. The molecule has 5 heteroatoms. The molecule has 2 amide bonds. The molecule has 2 heterocycles. The zero-order chi connectivity index (χ0) is 15.7. The molecule has 0 radical (unpaired) electrons. The topological polar surface area (TPSA) is 61.4 Å². The molecule has 2 aliphatic heterocycles. The molecule has 2 saturated heterocycles. The van der Waals surface area contributed by atoms with E-state index in [1.165, 1.54) is 19.8 Å². The molecule has 0 spiro atoms. The largest absolute Gasteiger partial charge is 0.339 e. The lowest BCUT2D eigenvalue weighted by atomic mass is 9.98. The molecule has 22 heavy (non-hydrogen) atoms. The molecule has 2 fully saturated rings. The number of carbonyl (C=O) groups excluding carboxylic acids is 2. The van der Waals surface area contributed by atoms with Crippen molar-refractivity contribution in [3.05, 3.63) is 29.8 Å². The van der Waals surface area contributed by atoms with E-state index in [2.05, 4.69) is 10.6 Å². The van der Waals surface area contributed by atoms with Crippen LogP contribution in [0.2, 0.25) is 0 Å². The summed E-state index contributed by atoms with van der Waals surface area (Å²) in [4.78, 5) is 25.7. The maximum absolute atomic E-state index is 12.7. The van der Waals surface area contributed by atoms with E-state index in [9.17, 15) is 9.59 Å². The minimum Gasteiger partial charge on any atom is -0.339 e. The van der Waals surface area contributed by atoms with Crippen LogP contribution in [0.15, 0.2) is 24.3 Å². The smallest absolute Gasteiger partial charge is 0.253 e. The SMILES string of the molecule is CC(=O)Nc1cccc(C(=O)N(C)C2CC3CCC(C2)N3)c1. The molecule has 2 bridgehead atoms. The number of rotatable bonds is 3.